The molecular weight excluding hydrogens is 572 g/mol. The summed E-state index contributed by atoms with van der Waals surface area (Å²) in [5.74, 6) is -0.626. The summed E-state index contributed by atoms with van der Waals surface area (Å²) in [6.07, 6.45) is 45.9. The summed E-state index contributed by atoms with van der Waals surface area (Å²) in [5.41, 5.74) is 0. The van der Waals surface area contributed by atoms with E-state index >= 15 is 0 Å². The molecule has 0 bridgehead atoms. The molecule has 0 saturated carbocycles. The highest BCUT2D eigenvalue weighted by atomic mass is 16.6. The van der Waals surface area contributed by atoms with E-state index in [1.54, 1.807) is 0 Å². The zero-order valence-corrected chi connectivity index (χ0v) is 30.1. The topological polar surface area (TPSA) is 72.8 Å². The standard InChI is InChI=1S/C41H72O5/c1-3-5-7-9-11-13-15-17-18-19-20-21-22-24-26-28-30-32-34-36-41(44)46-39(37-42)38-45-40(43)35-33-31-29-27-25-23-16-14-12-10-8-6-4-2/h11,13,17-18,20-21,24,26,39,42H,3-10,12,14-16,19,22-23,25,27-38H2,1-2H3/b13-11-,18-17-,21-20-,26-24-/t39-/m0/s1. The molecule has 1 atom stereocenters. The normalized spacial score (nSPS) is 12.7. The second-order valence-corrected chi connectivity index (χ2v) is 12.7. The van der Waals surface area contributed by atoms with Crippen LogP contribution in [0.25, 0.3) is 0 Å². The van der Waals surface area contributed by atoms with Gasteiger partial charge in [0.15, 0.2) is 6.10 Å². The first-order valence-electron chi connectivity index (χ1n) is 19.2. The van der Waals surface area contributed by atoms with Crippen molar-refractivity contribution in [2.45, 2.75) is 187 Å². The van der Waals surface area contributed by atoms with Gasteiger partial charge in [0.2, 0.25) is 0 Å². The number of allylic oxidation sites excluding steroid dienone is 8. The summed E-state index contributed by atoms with van der Waals surface area (Å²) in [5, 5.41) is 9.53. The van der Waals surface area contributed by atoms with Gasteiger partial charge in [-0.3, -0.25) is 9.59 Å². The fourth-order valence-corrected chi connectivity index (χ4v) is 5.18. The van der Waals surface area contributed by atoms with E-state index in [9.17, 15) is 14.7 Å². The molecule has 0 unspecified atom stereocenters. The Labute approximate surface area is 284 Å². The molecule has 266 valence electrons. The Bertz CT molecular complexity index is 782. The molecular formula is C41H72O5. The van der Waals surface area contributed by atoms with E-state index in [1.807, 2.05) is 0 Å². The van der Waals surface area contributed by atoms with E-state index < -0.39 is 6.10 Å². The summed E-state index contributed by atoms with van der Waals surface area (Å²) in [4.78, 5) is 24.2. The fraction of sp³-hybridized carbons (Fsp3) is 0.756. The lowest BCUT2D eigenvalue weighted by Gasteiger charge is -2.15. The highest BCUT2D eigenvalue weighted by molar-refractivity contribution is 5.70. The van der Waals surface area contributed by atoms with Gasteiger partial charge >= 0.3 is 11.9 Å². The van der Waals surface area contributed by atoms with Crippen molar-refractivity contribution in [1.82, 2.24) is 0 Å². The number of rotatable bonds is 34. The maximum atomic E-state index is 12.1. The smallest absolute Gasteiger partial charge is 0.306 e. The van der Waals surface area contributed by atoms with Crippen LogP contribution in [0, 0.1) is 0 Å². The van der Waals surface area contributed by atoms with Crippen LogP contribution in [-0.4, -0.2) is 36.4 Å². The van der Waals surface area contributed by atoms with E-state index in [0.717, 1.165) is 64.2 Å². The van der Waals surface area contributed by atoms with Crippen LogP contribution in [0.2, 0.25) is 0 Å². The van der Waals surface area contributed by atoms with Crippen LogP contribution in [-0.2, 0) is 19.1 Å². The number of hydrogen-bond acceptors (Lipinski definition) is 5. The number of aliphatic hydroxyl groups excluding tert-OH is 1. The van der Waals surface area contributed by atoms with Crippen molar-refractivity contribution < 1.29 is 24.2 Å². The third-order valence-corrected chi connectivity index (χ3v) is 8.13. The molecule has 0 aliphatic rings. The predicted molar refractivity (Wildman–Crippen MR) is 196 cm³/mol. The Morgan fingerprint density at radius 2 is 0.870 bits per heavy atom. The molecule has 0 aromatic carbocycles. The molecule has 0 heterocycles. The predicted octanol–water partition coefficient (Wildman–Crippen LogP) is 11.8. The van der Waals surface area contributed by atoms with Gasteiger partial charge < -0.3 is 14.6 Å². The van der Waals surface area contributed by atoms with Crippen molar-refractivity contribution in [2.24, 2.45) is 0 Å². The first-order valence-corrected chi connectivity index (χ1v) is 19.2. The second kappa shape index (κ2) is 37.3. The van der Waals surface area contributed by atoms with Gasteiger partial charge in [-0.2, -0.15) is 0 Å². The Hall–Kier alpha value is -2.14. The summed E-state index contributed by atoms with van der Waals surface area (Å²) in [6.45, 7) is 4.07. The Kier molecular flexibility index (Phi) is 35.6. The molecule has 1 N–H and O–H groups in total. The number of ether oxygens (including phenoxy) is 2. The first kappa shape index (κ1) is 43.9. The third kappa shape index (κ3) is 34.7. The highest BCUT2D eigenvalue weighted by Crippen LogP contribution is 2.13. The van der Waals surface area contributed by atoms with E-state index in [-0.39, 0.29) is 25.2 Å². The number of hydrogen-bond donors (Lipinski definition) is 1. The molecule has 5 nitrogen and oxygen atoms in total. The van der Waals surface area contributed by atoms with Crippen molar-refractivity contribution in [1.29, 1.82) is 0 Å². The van der Waals surface area contributed by atoms with Crippen LogP contribution in [0.1, 0.15) is 181 Å². The van der Waals surface area contributed by atoms with Crippen LogP contribution >= 0.6 is 0 Å². The molecule has 0 aromatic rings. The van der Waals surface area contributed by atoms with Gasteiger partial charge in [-0.05, 0) is 57.8 Å². The number of esters is 2. The van der Waals surface area contributed by atoms with Gasteiger partial charge in [-0.25, -0.2) is 0 Å². The van der Waals surface area contributed by atoms with Crippen LogP contribution in [0.5, 0.6) is 0 Å². The largest absolute Gasteiger partial charge is 0.462 e. The lowest BCUT2D eigenvalue weighted by molar-refractivity contribution is -0.161. The third-order valence-electron chi connectivity index (χ3n) is 8.13. The zero-order chi connectivity index (χ0) is 33.6. The van der Waals surface area contributed by atoms with Crippen molar-refractivity contribution in [3.05, 3.63) is 48.6 Å². The van der Waals surface area contributed by atoms with Crippen LogP contribution in [0.15, 0.2) is 48.6 Å². The summed E-state index contributed by atoms with van der Waals surface area (Å²) >= 11 is 0. The van der Waals surface area contributed by atoms with Gasteiger partial charge in [0.1, 0.15) is 6.61 Å². The fourth-order valence-electron chi connectivity index (χ4n) is 5.18. The molecule has 0 aliphatic carbocycles. The molecule has 0 spiro atoms. The van der Waals surface area contributed by atoms with E-state index in [4.69, 9.17) is 9.47 Å². The number of aliphatic hydroxyl groups is 1. The van der Waals surface area contributed by atoms with E-state index in [2.05, 4.69) is 62.5 Å². The second-order valence-electron chi connectivity index (χ2n) is 12.7. The first-order chi connectivity index (χ1) is 22.6. The number of carbonyl (C=O) groups excluding carboxylic acids is 2. The monoisotopic (exact) mass is 645 g/mol. The van der Waals surface area contributed by atoms with E-state index in [0.29, 0.717) is 12.8 Å². The lowest BCUT2D eigenvalue weighted by Crippen LogP contribution is -2.28. The lowest BCUT2D eigenvalue weighted by atomic mass is 10.0. The van der Waals surface area contributed by atoms with Crippen LogP contribution in [0.4, 0.5) is 0 Å². The molecule has 0 radical (unpaired) electrons. The van der Waals surface area contributed by atoms with Gasteiger partial charge in [0, 0.05) is 12.8 Å². The molecule has 0 fully saturated rings. The average Bonchev–Trinajstić information content (AvgIpc) is 3.06. The molecule has 0 saturated heterocycles. The van der Waals surface area contributed by atoms with E-state index in [1.165, 1.54) is 89.9 Å². The summed E-state index contributed by atoms with van der Waals surface area (Å²) in [7, 11) is 0. The van der Waals surface area contributed by atoms with Gasteiger partial charge in [0.25, 0.3) is 0 Å². The van der Waals surface area contributed by atoms with Gasteiger partial charge in [0.05, 0.1) is 6.61 Å². The van der Waals surface area contributed by atoms with Crippen molar-refractivity contribution in [3.63, 3.8) is 0 Å². The Morgan fingerprint density at radius 3 is 1.35 bits per heavy atom. The molecule has 0 aliphatic heterocycles. The van der Waals surface area contributed by atoms with Crippen LogP contribution in [0.3, 0.4) is 0 Å². The maximum Gasteiger partial charge on any atom is 0.306 e. The number of carbonyl (C=O) groups is 2. The highest BCUT2D eigenvalue weighted by Gasteiger charge is 2.16. The SMILES string of the molecule is CCCCC/C=C\C/C=C\C/C=C\C/C=C\CCCCCC(=O)O[C@@H](CO)COC(=O)CCCCCCCCCCCCCCC. The quantitative estimate of drug-likeness (QED) is 0.0429. The molecule has 46 heavy (non-hydrogen) atoms. The Morgan fingerprint density at radius 1 is 0.500 bits per heavy atom. The van der Waals surface area contributed by atoms with Crippen molar-refractivity contribution in [2.75, 3.05) is 13.2 Å². The molecule has 0 amide bonds. The molecule has 0 rings (SSSR count). The van der Waals surface area contributed by atoms with Crippen molar-refractivity contribution in [3.8, 4) is 0 Å². The summed E-state index contributed by atoms with van der Waals surface area (Å²) < 4.78 is 10.6. The van der Waals surface area contributed by atoms with Crippen LogP contribution < -0.4 is 0 Å². The minimum Gasteiger partial charge on any atom is -0.462 e. The Balaban J connectivity index is 3.65. The average molecular weight is 645 g/mol. The number of unbranched alkanes of at least 4 members (excludes halogenated alkanes) is 18. The summed E-state index contributed by atoms with van der Waals surface area (Å²) in [6, 6.07) is 0. The molecule has 5 heteroatoms. The molecule has 0 aromatic heterocycles. The minimum absolute atomic E-state index is 0.0778. The minimum atomic E-state index is -0.785. The van der Waals surface area contributed by atoms with Crippen molar-refractivity contribution >= 4 is 11.9 Å². The maximum absolute atomic E-state index is 12.1. The van der Waals surface area contributed by atoms with Gasteiger partial charge in [-0.1, -0.05) is 159 Å². The van der Waals surface area contributed by atoms with Gasteiger partial charge in [-0.15, -0.1) is 0 Å². The zero-order valence-electron chi connectivity index (χ0n) is 30.1.